The number of aromatic hydroxyl groups is 2. The number of rotatable bonds is 9. The van der Waals surface area contributed by atoms with Crippen molar-refractivity contribution < 1.29 is 33.9 Å². The number of hydrogen-bond donors (Lipinski definition) is 3. The number of aromatic nitrogens is 2. The second kappa shape index (κ2) is 36.7. The minimum atomic E-state index is 0. The van der Waals surface area contributed by atoms with Crippen molar-refractivity contribution >= 4 is 0 Å². The van der Waals surface area contributed by atoms with E-state index in [-0.39, 0.29) is 7.43 Å². The van der Waals surface area contributed by atoms with E-state index in [1.54, 1.807) is 72.4 Å². The first-order chi connectivity index (χ1) is 34.7. The Hall–Kier alpha value is -8.16. The highest BCUT2D eigenvalue weighted by molar-refractivity contribution is 5.43. The summed E-state index contributed by atoms with van der Waals surface area (Å²) in [6.07, 6.45) is 13.7. The van der Waals surface area contributed by atoms with Crippen molar-refractivity contribution in [1.29, 1.82) is 0 Å². The molecule has 0 saturated carbocycles. The number of methoxy groups -OCH3 is 5. The fourth-order valence-corrected chi connectivity index (χ4v) is 6.07. The third-order valence-electron chi connectivity index (χ3n) is 10.4. The van der Waals surface area contributed by atoms with Gasteiger partial charge >= 0.3 is 0 Å². The molecule has 0 atom stereocenters. The van der Waals surface area contributed by atoms with Crippen molar-refractivity contribution in [2.75, 3.05) is 35.5 Å². The predicted molar refractivity (Wildman–Crippen MR) is 310 cm³/mol. The number of ether oxygens (including phenoxy) is 5. The first-order valence-corrected chi connectivity index (χ1v) is 23.6. The van der Waals surface area contributed by atoms with Crippen LogP contribution < -0.4 is 29.0 Å². The van der Waals surface area contributed by atoms with Crippen LogP contribution in [-0.4, -0.2) is 55.7 Å². The molecule has 7 rings (SSSR count). The van der Waals surface area contributed by atoms with Crippen molar-refractivity contribution in [1.82, 2.24) is 15.3 Å². The lowest BCUT2D eigenvalue weighted by Crippen LogP contribution is -2.04. The van der Waals surface area contributed by atoms with Crippen LogP contribution in [0.4, 0.5) is 0 Å². The summed E-state index contributed by atoms with van der Waals surface area (Å²) >= 11 is 0. The molecule has 0 bridgehead atoms. The molecule has 0 amide bonds. The van der Waals surface area contributed by atoms with Gasteiger partial charge < -0.3 is 39.2 Å². The number of benzene rings is 6. The maximum absolute atomic E-state index is 9.51. The van der Waals surface area contributed by atoms with Crippen LogP contribution in [0.1, 0.15) is 80.0 Å². The van der Waals surface area contributed by atoms with Gasteiger partial charge in [0.2, 0.25) is 5.82 Å². The van der Waals surface area contributed by atoms with Gasteiger partial charge in [0.15, 0.2) is 11.5 Å². The normalized spacial score (nSPS) is 9.39. The van der Waals surface area contributed by atoms with E-state index in [9.17, 15) is 5.11 Å². The van der Waals surface area contributed by atoms with E-state index < -0.39 is 0 Å². The molecule has 10 nitrogen and oxygen atoms in total. The molecule has 0 radical (unpaired) electrons. The van der Waals surface area contributed by atoms with Gasteiger partial charge in [-0.2, -0.15) is 0 Å². The summed E-state index contributed by atoms with van der Waals surface area (Å²) in [4.78, 5) is 7.70. The van der Waals surface area contributed by atoms with Gasteiger partial charge in [-0.1, -0.05) is 92.4 Å². The van der Waals surface area contributed by atoms with Crippen LogP contribution in [0.25, 0.3) is 0 Å². The second-order valence-corrected chi connectivity index (χ2v) is 16.9. The SMILES string of the molecule is C.C#Cc1ncc(C)cn1.C=CC=CNCc1cc(C)ccc1O.COc1cc(C)ccc1C.COc1cc(C)ccc1C.COc1cc(C)ccc1C.COc1ccc(C)cc1OC.Cc1ccc(C)c(O)c1. The van der Waals surface area contributed by atoms with Crippen molar-refractivity contribution in [3.05, 3.63) is 219 Å². The van der Waals surface area contributed by atoms with Gasteiger partial charge in [-0.05, 0) is 192 Å². The minimum Gasteiger partial charge on any atom is -0.508 e. The molecule has 0 aliphatic carbocycles. The smallest absolute Gasteiger partial charge is 0.204 e. The molecule has 3 N–H and O–H groups in total. The van der Waals surface area contributed by atoms with Crippen LogP contribution in [0.3, 0.4) is 0 Å². The lowest BCUT2D eigenvalue weighted by atomic mass is 10.1. The van der Waals surface area contributed by atoms with Gasteiger partial charge in [-0.25, -0.2) is 9.97 Å². The molecule has 7 aromatic rings. The Labute approximate surface area is 444 Å². The van der Waals surface area contributed by atoms with E-state index in [1.807, 2.05) is 122 Å². The largest absolute Gasteiger partial charge is 0.508 e. The van der Waals surface area contributed by atoms with Crippen molar-refractivity contribution in [2.24, 2.45) is 0 Å². The van der Waals surface area contributed by atoms with E-state index in [4.69, 9.17) is 35.2 Å². The molecular formula is C64H83N3O7. The number of terminal acetylenes is 1. The molecule has 396 valence electrons. The quantitative estimate of drug-likeness (QED) is 0.0951. The first-order valence-electron chi connectivity index (χ1n) is 23.6. The highest BCUT2D eigenvalue weighted by Gasteiger charge is 2.02. The molecule has 0 unspecified atom stereocenters. The summed E-state index contributed by atoms with van der Waals surface area (Å²) in [6, 6.07) is 35.6. The van der Waals surface area contributed by atoms with Crippen LogP contribution in [0.15, 0.2) is 147 Å². The Kier molecular flexibility index (Phi) is 32.7. The summed E-state index contributed by atoms with van der Waals surface area (Å²) in [6.45, 7) is 26.3. The van der Waals surface area contributed by atoms with Crippen molar-refractivity contribution in [3.8, 4) is 52.6 Å². The molecule has 0 saturated heterocycles. The lowest BCUT2D eigenvalue weighted by Gasteiger charge is -2.06. The van der Waals surface area contributed by atoms with Gasteiger partial charge in [0, 0.05) is 24.5 Å². The minimum absolute atomic E-state index is 0. The fraction of sp³-hybridized carbons (Fsp3) is 0.281. The number of allylic oxidation sites excluding steroid dienone is 2. The van der Waals surface area contributed by atoms with Crippen LogP contribution in [0, 0.1) is 88.5 Å². The Morgan fingerprint density at radius 1 is 0.473 bits per heavy atom. The number of phenolic OH excluding ortho intramolecular Hbond substituents is 2. The van der Waals surface area contributed by atoms with Gasteiger partial charge in [0.25, 0.3) is 0 Å². The van der Waals surface area contributed by atoms with Gasteiger partial charge in [0.05, 0.1) is 35.5 Å². The average molecular weight is 1010 g/mol. The third kappa shape index (κ3) is 26.3. The number of nitrogens with one attached hydrogen (secondary N) is 1. The Morgan fingerprint density at radius 2 is 0.838 bits per heavy atom. The van der Waals surface area contributed by atoms with Crippen LogP contribution in [-0.2, 0) is 6.54 Å². The zero-order chi connectivity index (χ0) is 54.9. The maximum Gasteiger partial charge on any atom is 0.204 e. The monoisotopic (exact) mass is 1010 g/mol. The number of hydrogen-bond acceptors (Lipinski definition) is 10. The number of nitrogens with zero attached hydrogens (tertiary/aromatic N) is 2. The molecule has 0 fully saturated rings. The molecule has 1 aromatic heterocycles. The standard InChI is InChI=1S/C12H15NO.C9H12O2.3C9H12O.C8H10O.C7H6N2.CH4/c1-3-4-7-13-9-11-8-10(2)5-6-12(11)14;1-7-4-5-8(10-2)9(6-7)11-3;3*1-7-4-5-8(2)9(6-7)10-3;1-6-3-4-7(2)8(9)5-6;1-3-7-8-4-6(2)5-9-7;/h3-8,13-14H,1,9H2,2H3;4-6H,1-3H3;3*4-6H,1-3H3;3-5,9H,1-2H3;1,4-5H,2H3;1H4. The molecule has 0 aliphatic rings. The Bertz CT molecular complexity index is 2670. The zero-order valence-corrected chi connectivity index (χ0v) is 46.1. The average Bonchev–Trinajstić information content (AvgIpc) is 3.38. The van der Waals surface area contributed by atoms with Crippen LogP contribution in [0.5, 0.6) is 40.2 Å². The molecule has 0 aliphatic heterocycles. The Balaban J connectivity index is 0.000000842. The third-order valence-corrected chi connectivity index (χ3v) is 10.4. The first kappa shape index (κ1) is 65.8. The summed E-state index contributed by atoms with van der Waals surface area (Å²) in [5.74, 6) is 7.97. The summed E-state index contributed by atoms with van der Waals surface area (Å²) in [7, 11) is 8.36. The van der Waals surface area contributed by atoms with Gasteiger partial charge in [-0.15, -0.1) is 6.42 Å². The summed E-state index contributed by atoms with van der Waals surface area (Å²) < 4.78 is 25.5. The highest BCUT2D eigenvalue weighted by atomic mass is 16.5. The van der Waals surface area contributed by atoms with E-state index in [0.29, 0.717) is 23.9 Å². The van der Waals surface area contributed by atoms with Gasteiger partial charge in [0.1, 0.15) is 28.7 Å². The van der Waals surface area contributed by atoms with Crippen molar-refractivity contribution in [2.45, 2.75) is 90.1 Å². The number of phenols is 2. The van der Waals surface area contributed by atoms with E-state index in [0.717, 1.165) is 56.6 Å². The van der Waals surface area contributed by atoms with Crippen molar-refractivity contribution in [3.63, 3.8) is 0 Å². The van der Waals surface area contributed by atoms with Gasteiger partial charge in [-0.3, -0.25) is 0 Å². The van der Waals surface area contributed by atoms with Crippen LogP contribution >= 0.6 is 0 Å². The second-order valence-electron chi connectivity index (χ2n) is 16.9. The van der Waals surface area contributed by atoms with E-state index in [1.165, 1.54) is 38.9 Å². The zero-order valence-electron chi connectivity index (χ0n) is 46.1. The summed E-state index contributed by atoms with van der Waals surface area (Å²) in [5, 5.41) is 21.7. The molecule has 0 spiro atoms. The molecule has 1 heterocycles. The molecule has 6 aromatic carbocycles. The van der Waals surface area contributed by atoms with E-state index >= 15 is 0 Å². The molecular weight excluding hydrogens is 923 g/mol. The number of aryl methyl sites for hydroxylation is 11. The molecule has 10 heteroatoms. The topological polar surface area (TPSA) is 124 Å². The Morgan fingerprint density at radius 3 is 1.20 bits per heavy atom. The highest BCUT2D eigenvalue weighted by Crippen LogP contribution is 2.27. The fourth-order valence-electron chi connectivity index (χ4n) is 6.07. The van der Waals surface area contributed by atoms with E-state index in [2.05, 4.69) is 85.0 Å². The maximum atomic E-state index is 9.51. The molecule has 74 heavy (non-hydrogen) atoms. The summed E-state index contributed by atoms with van der Waals surface area (Å²) in [5.41, 5.74) is 13.5. The predicted octanol–water partition coefficient (Wildman–Crippen LogP) is 14.8. The van der Waals surface area contributed by atoms with Crippen LogP contribution in [0.2, 0.25) is 0 Å². The lowest BCUT2D eigenvalue weighted by molar-refractivity contribution is 0.354.